The Kier molecular flexibility index (Phi) is 8.32. The van der Waals surface area contributed by atoms with Gasteiger partial charge in [-0.05, 0) is 99.3 Å². The number of likely N-dealkylation sites (tertiary alicyclic amines) is 1. The van der Waals surface area contributed by atoms with Crippen LogP contribution in [0.15, 0.2) is 30.3 Å². The van der Waals surface area contributed by atoms with Gasteiger partial charge in [0.05, 0.1) is 11.4 Å². The van der Waals surface area contributed by atoms with E-state index in [2.05, 4.69) is 9.62 Å². The Morgan fingerprint density at radius 1 is 1.05 bits per heavy atom. The van der Waals surface area contributed by atoms with Crippen LogP contribution in [0.2, 0.25) is 0 Å². The fourth-order valence-corrected chi connectivity index (χ4v) is 6.84. The highest BCUT2D eigenvalue weighted by Gasteiger charge is 2.33. The molecule has 3 aromatic rings. The summed E-state index contributed by atoms with van der Waals surface area (Å²) in [7, 11) is -1.29. The number of ether oxygens (including phenoxy) is 1. The Bertz CT molecular complexity index is 1540. The highest BCUT2D eigenvalue weighted by molar-refractivity contribution is 7.87. The monoisotopic (exact) mass is 598 g/mol. The van der Waals surface area contributed by atoms with E-state index in [1.807, 2.05) is 0 Å². The summed E-state index contributed by atoms with van der Waals surface area (Å²) in [6.45, 7) is 4.66. The van der Waals surface area contributed by atoms with Gasteiger partial charge in [0.25, 0.3) is 5.91 Å². The number of pyridine rings is 1. The first-order valence-corrected chi connectivity index (χ1v) is 16.4. The maximum Gasteiger partial charge on any atom is 0.303 e. The van der Waals surface area contributed by atoms with Crippen LogP contribution in [0, 0.1) is 11.7 Å². The van der Waals surface area contributed by atoms with Crippen LogP contribution in [0.25, 0.3) is 16.7 Å². The maximum atomic E-state index is 13.8. The molecule has 2 aromatic heterocycles. The van der Waals surface area contributed by atoms with Crippen LogP contribution in [0.3, 0.4) is 0 Å². The Hall–Kier alpha value is -2.93. The number of rotatable bonds is 8. The van der Waals surface area contributed by atoms with E-state index in [-0.39, 0.29) is 23.3 Å². The number of hydrogen-bond acceptors (Lipinski definition) is 7. The number of hydrogen-bond donors (Lipinski definition) is 1. The largest absolute Gasteiger partial charge is 0.381 e. The molecular formula is C30H39FN6O4S. The van der Waals surface area contributed by atoms with Crippen molar-refractivity contribution in [3.05, 3.63) is 53.1 Å². The van der Waals surface area contributed by atoms with Gasteiger partial charge in [-0.3, -0.25) is 4.79 Å². The van der Waals surface area contributed by atoms with Gasteiger partial charge in [-0.1, -0.05) is 6.42 Å². The van der Waals surface area contributed by atoms with E-state index in [1.54, 1.807) is 22.9 Å². The van der Waals surface area contributed by atoms with Gasteiger partial charge in [-0.15, -0.1) is 0 Å². The lowest BCUT2D eigenvalue weighted by Crippen LogP contribution is -2.40. The summed E-state index contributed by atoms with van der Waals surface area (Å²) < 4.78 is 49.2. The van der Waals surface area contributed by atoms with Crippen LogP contribution in [0.4, 0.5) is 4.39 Å². The van der Waals surface area contributed by atoms with Crippen molar-refractivity contribution in [1.82, 2.24) is 28.7 Å². The molecule has 4 heterocycles. The Morgan fingerprint density at radius 2 is 1.74 bits per heavy atom. The van der Waals surface area contributed by atoms with Gasteiger partial charge in [0.2, 0.25) is 0 Å². The molecule has 1 amide bonds. The summed E-state index contributed by atoms with van der Waals surface area (Å²) in [5.41, 5.74) is 3.11. The first-order valence-electron chi connectivity index (χ1n) is 14.9. The van der Waals surface area contributed by atoms with Gasteiger partial charge >= 0.3 is 10.2 Å². The van der Waals surface area contributed by atoms with Crippen LogP contribution in [0.5, 0.6) is 0 Å². The number of aromatic nitrogens is 3. The number of piperidine rings is 1. The van der Waals surface area contributed by atoms with Crippen LogP contribution in [0.1, 0.15) is 78.5 Å². The lowest BCUT2D eigenvalue weighted by atomic mass is 9.79. The summed E-state index contributed by atoms with van der Waals surface area (Å²) in [6, 6.07) is 7.82. The molecule has 226 valence electrons. The molecule has 0 bridgehead atoms. The predicted octanol–water partition coefficient (Wildman–Crippen LogP) is 3.97. The smallest absolute Gasteiger partial charge is 0.303 e. The molecule has 3 aliphatic rings. The highest BCUT2D eigenvalue weighted by atomic mass is 32.2. The lowest BCUT2D eigenvalue weighted by Gasteiger charge is -2.36. The predicted molar refractivity (Wildman–Crippen MR) is 157 cm³/mol. The average molecular weight is 599 g/mol. The molecule has 3 fully saturated rings. The van der Waals surface area contributed by atoms with Crippen molar-refractivity contribution >= 4 is 27.1 Å². The molecular weight excluding hydrogens is 559 g/mol. The first-order chi connectivity index (χ1) is 20.2. The standard InChI is InChI=1S/C30H39FN6O4S/c1-35(2)42(39,40)34-30(38)26-18-25(21-10-14-36(15-11-21)19-20-12-16-41-17-13-20)27-28(22-4-3-5-22)33-37(29(27)32-26)24-8-6-23(31)7-9-24/h6-9,18,20-22H,3-5,10-17,19H2,1-2H3,(H,34,38). The van der Waals surface area contributed by atoms with Gasteiger partial charge in [0.15, 0.2) is 5.65 Å². The van der Waals surface area contributed by atoms with Crippen molar-refractivity contribution in [1.29, 1.82) is 0 Å². The summed E-state index contributed by atoms with van der Waals surface area (Å²) in [4.78, 5) is 20.6. The number of amides is 1. The third-order valence-electron chi connectivity index (χ3n) is 9.08. The first kappa shape index (κ1) is 29.2. The maximum absolute atomic E-state index is 13.8. The molecule has 0 unspecified atom stereocenters. The average Bonchev–Trinajstić information content (AvgIpc) is 3.31. The van der Waals surface area contributed by atoms with Crippen LogP contribution in [-0.4, -0.2) is 85.2 Å². The SMILES string of the molecule is CN(C)S(=O)(=O)NC(=O)c1cc(C2CCN(CC3CCOCC3)CC2)c2c(C3CCC3)nn(-c3ccc(F)cc3)c2n1. The van der Waals surface area contributed by atoms with E-state index in [0.717, 1.165) is 98.7 Å². The van der Waals surface area contributed by atoms with E-state index in [9.17, 15) is 17.6 Å². The molecule has 0 spiro atoms. The molecule has 2 aliphatic heterocycles. The summed E-state index contributed by atoms with van der Waals surface area (Å²) in [6.07, 6.45) is 7.24. The second-order valence-corrected chi connectivity index (χ2v) is 13.9. The zero-order valence-corrected chi connectivity index (χ0v) is 25.1. The van der Waals surface area contributed by atoms with E-state index in [1.165, 1.54) is 26.2 Å². The third kappa shape index (κ3) is 5.95. The van der Waals surface area contributed by atoms with E-state index in [4.69, 9.17) is 14.8 Å². The molecule has 6 rings (SSSR count). The van der Waals surface area contributed by atoms with Crippen LogP contribution < -0.4 is 4.72 Å². The van der Waals surface area contributed by atoms with E-state index in [0.29, 0.717) is 17.3 Å². The van der Waals surface area contributed by atoms with Crippen molar-refractivity contribution < 1.29 is 22.3 Å². The number of halogens is 1. The van der Waals surface area contributed by atoms with Crippen LogP contribution in [-0.2, 0) is 14.9 Å². The number of carbonyl (C=O) groups excluding carboxylic acids is 1. The number of benzene rings is 1. The van der Waals surface area contributed by atoms with Crippen molar-refractivity contribution in [3.8, 4) is 5.69 Å². The molecule has 0 radical (unpaired) electrons. The minimum atomic E-state index is -4.01. The number of nitrogens with zero attached hydrogens (tertiary/aromatic N) is 5. The van der Waals surface area contributed by atoms with Gasteiger partial charge < -0.3 is 9.64 Å². The van der Waals surface area contributed by atoms with Crippen molar-refractivity contribution in [2.24, 2.45) is 5.92 Å². The molecule has 1 saturated carbocycles. The van der Waals surface area contributed by atoms with Gasteiger partial charge in [0, 0.05) is 45.2 Å². The minimum Gasteiger partial charge on any atom is -0.381 e. The van der Waals surface area contributed by atoms with E-state index >= 15 is 0 Å². The van der Waals surface area contributed by atoms with Gasteiger partial charge in [0.1, 0.15) is 11.5 Å². The normalized spacial score (nSPS) is 19.8. The van der Waals surface area contributed by atoms with Crippen LogP contribution >= 0.6 is 0 Å². The number of carbonyl (C=O) groups is 1. The minimum absolute atomic E-state index is 0.0241. The molecule has 0 atom stereocenters. The summed E-state index contributed by atoms with van der Waals surface area (Å²) in [5.74, 6) is -0.0262. The zero-order chi connectivity index (χ0) is 29.4. The quantitative estimate of drug-likeness (QED) is 0.418. The Balaban J connectivity index is 1.40. The molecule has 1 aliphatic carbocycles. The lowest BCUT2D eigenvalue weighted by molar-refractivity contribution is 0.0488. The number of fused-ring (bicyclic) bond motifs is 1. The molecule has 12 heteroatoms. The summed E-state index contributed by atoms with van der Waals surface area (Å²) >= 11 is 0. The second kappa shape index (κ2) is 12.0. The summed E-state index contributed by atoms with van der Waals surface area (Å²) in [5, 5.41) is 5.96. The van der Waals surface area contributed by atoms with Crippen molar-refractivity contribution in [2.75, 3.05) is 46.9 Å². The number of nitrogens with one attached hydrogen (secondary N) is 1. The highest BCUT2D eigenvalue weighted by Crippen LogP contribution is 2.43. The molecule has 2 saturated heterocycles. The van der Waals surface area contributed by atoms with Gasteiger partial charge in [-0.2, -0.15) is 17.8 Å². The Morgan fingerprint density at radius 3 is 2.36 bits per heavy atom. The van der Waals surface area contributed by atoms with Crippen molar-refractivity contribution in [3.63, 3.8) is 0 Å². The molecule has 1 aromatic carbocycles. The Labute approximate surface area is 246 Å². The van der Waals surface area contributed by atoms with Crippen molar-refractivity contribution in [2.45, 2.75) is 56.8 Å². The fraction of sp³-hybridized carbons (Fsp3) is 0.567. The third-order valence-corrected chi connectivity index (χ3v) is 10.5. The molecule has 1 N–H and O–H groups in total. The molecule has 10 nitrogen and oxygen atoms in total. The second-order valence-electron chi connectivity index (χ2n) is 12.0. The molecule has 42 heavy (non-hydrogen) atoms. The zero-order valence-electron chi connectivity index (χ0n) is 24.3. The fourth-order valence-electron chi connectivity index (χ4n) is 6.32. The van der Waals surface area contributed by atoms with Gasteiger partial charge in [-0.25, -0.2) is 18.8 Å². The topological polar surface area (TPSA) is 110 Å². The van der Waals surface area contributed by atoms with E-state index < -0.39 is 16.1 Å².